The predicted octanol–water partition coefficient (Wildman–Crippen LogP) is 3.61. The summed E-state index contributed by atoms with van der Waals surface area (Å²) in [5.74, 6) is 0.506. The van der Waals surface area contributed by atoms with Gasteiger partial charge in [-0.1, -0.05) is 28.1 Å². The number of methoxy groups -OCH3 is 1. The van der Waals surface area contributed by atoms with Crippen molar-refractivity contribution in [3.05, 3.63) is 64.1 Å². The number of nitrogens with zero attached hydrogens (tertiary/aromatic N) is 1. The van der Waals surface area contributed by atoms with Gasteiger partial charge in [0.25, 0.3) is 5.91 Å². The Morgan fingerprint density at radius 1 is 1.14 bits per heavy atom. The van der Waals surface area contributed by atoms with Crippen LogP contribution in [0.3, 0.4) is 0 Å². The standard InChI is InChI=1S/C16H15BrN2O2/c1-11(13-4-3-5-15(10-13)21-2)18-19-16(20)12-6-8-14(17)9-7-12/h3-10H,1-2H3,(H,19,20)/b18-11+. The fraction of sp³-hybridized carbons (Fsp3) is 0.125. The Balaban J connectivity index is 2.09. The summed E-state index contributed by atoms with van der Waals surface area (Å²) in [4.78, 5) is 12.0. The lowest BCUT2D eigenvalue weighted by Crippen LogP contribution is -2.19. The molecule has 2 aromatic rings. The molecule has 0 bridgehead atoms. The number of rotatable bonds is 4. The van der Waals surface area contributed by atoms with Gasteiger partial charge in [0.1, 0.15) is 5.75 Å². The normalized spacial score (nSPS) is 11.1. The molecule has 0 aliphatic carbocycles. The molecule has 0 unspecified atom stereocenters. The first kappa shape index (κ1) is 15.3. The molecule has 108 valence electrons. The van der Waals surface area contributed by atoms with Crippen LogP contribution in [0.2, 0.25) is 0 Å². The van der Waals surface area contributed by atoms with E-state index in [4.69, 9.17) is 4.74 Å². The van der Waals surface area contributed by atoms with Crippen molar-refractivity contribution < 1.29 is 9.53 Å². The molecule has 0 aliphatic heterocycles. The Labute approximate surface area is 132 Å². The van der Waals surface area contributed by atoms with Crippen molar-refractivity contribution in [2.75, 3.05) is 7.11 Å². The van der Waals surface area contributed by atoms with Crippen molar-refractivity contribution in [3.8, 4) is 5.75 Å². The van der Waals surface area contributed by atoms with Crippen LogP contribution in [-0.4, -0.2) is 18.7 Å². The van der Waals surface area contributed by atoms with E-state index in [0.29, 0.717) is 11.3 Å². The van der Waals surface area contributed by atoms with Crippen molar-refractivity contribution in [3.63, 3.8) is 0 Å². The van der Waals surface area contributed by atoms with Crippen LogP contribution < -0.4 is 10.2 Å². The van der Waals surface area contributed by atoms with Gasteiger partial charge in [-0.05, 0) is 43.3 Å². The summed E-state index contributed by atoms with van der Waals surface area (Å²) in [7, 11) is 1.61. The van der Waals surface area contributed by atoms with Crippen LogP contribution in [0.5, 0.6) is 5.75 Å². The van der Waals surface area contributed by atoms with Crippen LogP contribution in [0.1, 0.15) is 22.8 Å². The summed E-state index contributed by atoms with van der Waals surface area (Å²) >= 11 is 3.33. The van der Waals surface area contributed by atoms with Gasteiger partial charge in [-0.25, -0.2) is 5.43 Å². The zero-order valence-corrected chi connectivity index (χ0v) is 13.3. The van der Waals surface area contributed by atoms with E-state index >= 15 is 0 Å². The summed E-state index contributed by atoms with van der Waals surface area (Å²) in [5.41, 5.74) is 4.70. The number of ether oxygens (including phenoxy) is 1. The number of carbonyl (C=O) groups excluding carboxylic acids is 1. The van der Waals surface area contributed by atoms with Crippen LogP contribution in [0.4, 0.5) is 0 Å². The molecule has 0 saturated heterocycles. The summed E-state index contributed by atoms with van der Waals surface area (Å²) in [6, 6.07) is 14.6. The molecule has 5 heteroatoms. The first-order valence-corrected chi connectivity index (χ1v) is 7.14. The summed E-state index contributed by atoms with van der Waals surface area (Å²) in [6.07, 6.45) is 0. The minimum atomic E-state index is -0.246. The quantitative estimate of drug-likeness (QED) is 0.679. The molecule has 0 heterocycles. The topological polar surface area (TPSA) is 50.7 Å². The molecule has 0 aromatic heterocycles. The van der Waals surface area contributed by atoms with E-state index in [1.54, 1.807) is 19.2 Å². The molecule has 0 fully saturated rings. The Morgan fingerprint density at radius 2 is 1.86 bits per heavy atom. The monoisotopic (exact) mass is 346 g/mol. The lowest BCUT2D eigenvalue weighted by Gasteiger charge is -2.05. The maximum atomic E-state index is 12.0. The largest absolute Gasteiger partial charge is 0.497 e. The average molecular weight is 347 g/mol. The number of hydrogen-bond donors (Lipinski definition) is 1. The smallest absolute Gasteiger partial charge is 0.271 e. The molecule has 0 aliphatic rings. The number of nitrogens with one attached hydrogen (secondary N) is 1. The number of carbonyl (C=O) groups is 1. The van der Waals surface area contributed by atoms with Crippen molar-refractivity contribution >= 4 is 27.5 Å². The average Bonchev–Trinajstić information content (AvgIpc) is 2.53. The Hall–Kier alpha value is -2.14. The van der Waals surface area contributed by atoms with E-state index in [-0.39, 0.29) is 5.91 Å². The highest BCUT2D eigenvalue weighted by Gasteiger charge is 2.05. The zero-order valence-electron chi connectivity index (χ0n) is 11.8. The van der Waals surface area contributed by atoms with Crippen LogP contribution >= 0.6 is 15.9 Å². The van der Waals surface area contributed by atoms with Gasteiger partial charge in [-0.15, -0.1) is 0 Å². The summed E-state index contributed by atoms with van der Waals surface area (Å²) < 4.78 is 6.09. The van der Waals surface area contributed by atoms with Crippen molar-refractivity contribution in [1.82, 2.24) is 5.43 Å². The number of halogens is 1. The first-order valence-electron chi connectivity index (χ1n) is 6.35. The maximum Gasteiger partial charge on any atom is 0.271 e. The molecule has 0 spiro atoms. The third-order valence-electron chi connectivity index (χ3n) is 2.92. The molecule has 0 radical (unpaired) electrons. The third-order valence-corrected chi connectivity index (χ3v) is 3.45. The van der Waals surface area contributed by atoms with Gasteiger partial charge in [-0.2, -0.15) is 5.10 Å². The minimum absolute atomic E-state index is 0.246. The van der Waals surface area contributed by atoms with Gasteiger partial charge in [0.05, 0.1) is 12.8 Å². The Kier molecular flexibility index (Phi) is 5.11. The van der Waals surface area contributed by atoms with Crippen LogP contribution in [0.15, 0.2) is 58.1 Å². The van der Waals surface area contributed by atoms with Gasteiger partial charge >= 0.3 is 0 Å². The fourth-order valence-electron chi connectivity index (χ4n) is 1.71. The highest BCUT2D eigenvalue weighted by molar-refractivity contribution is 9.10. The van der Waals surface area contributed by atoms with E-state index in [0.717, 1.165) is 15.8 Å². The van der Waals surface area contributed by atoms with Crippen LogP contribution in [0.25, 0.3) is 0 Å². The summed E-state index contributed by atoms with van der Waals surface area (Å²) in [6.45, 7) is 1.83. The van der Waals surface area contributed by atoms with Gasteiger partial charge < -0.3 is 4.74 Å². The lowest BCUT2D eigenvalue weighted by atomic mass is 10.1. The number of benzene rings is 2. The van der Waals surface area contributed by atoms with Crippen molar-refractivity contribution in [1.29, 1.82) is 0 Å². The zero-order chi connectivity index (χ0) is 15.2. The second kappa shape index (κ2) is 7.04. The molecule has 0 atom stereocenters. The van der Waals surface area contributed by atoms with E-state index < -0.39 is 0 Å². The van der Waals surface area contributed by atoms with E-state index in [1.165, 1.54) is 0 Å². The van der Waals surface area contributed by atoms with Crippen LogP contribution in [0, 0.1) is 0 Å². The Morgan fingerprint density at radius 3 is 2.52 bits per heavy atom. The first-order chi connectivity index (χ1) is 10.1. The SMILES string of the molecule is COc1cccc(/C(C)=N/NC(=O)c2ccc(Br)cc2)c1. The van der Waals surface area contributed by atoms with Gasteiger partial charge in [0.2, 0.25) is 0 Å². The molecule has 0 saturated carbocycles. The van der Waals surface area contributed by atoms with Crippen molar-refractivity contribution in [2.24, 2.45) is 5.10 Å². The Bertz CT molecular complexity index is 666. The fourth-order valence-corrected chi connectivity index (χ4v) is 1.98. The van der Waals surface area contributed by atoms with E-state index in [2.05, 4.69) is 26.5 Å². The van der Waals surface area contributed by atoms with Crippen LogP contribution in [-0.2, 0) is 0 Å². The second-order valence-electron chi connectivity index (χ2n) is 4.38. The highest BCUT2D eigenvalue weighted by atomic mass is 79.9. The molecule has 21 heavy (non-hydrogen) atoms. The molecule has 4 nitrogen and oxygen atoms in total. The maximum absolute atomic E-state index is 12.0. The van der Waals surface area contributed by atoms with Gasteiger partial charge in [0.15, 0.2) is 0 Å². The second-order valence-corrected chi connectivity index (χ2v) is 5.29. The lowest BCUT2D eigenvalue weighted by molar-refractivity contribution is 0.0955. The molecule has 1 amide bonds. The number of hydrogen-bond acceptors (Lipinski definition) is 3. The highest BCUT2D eigenvalue weighted by Crippen LogP contribution is 2.13. The molecule has 1 N–H and O–H groups in total. The van der Waals surface area contributed by atoms with E-state index in [1.807, 2.05) is 43.3 Å². The molecular formula is C16H15BrN2O2. The van der Waals surface area contributed by atoms with Crippen molar-refractivity contribution in [2.45, 2.75) is 6.92 Å². The molecular weight excluding hydrogens is 332 g/mol. The molecule has 2 aromatic carbocycles. The third kappa shape index (κ3) is 4.16. The van der Waals surface area contributed by atoms with Gasteiger partial charge in [0, 0.05) is 15.6 Å². The van der Waals surface area contributed by atoms with E-state index in [9.17, 15) is 4.79 Å². The number of hydrazone groups is 1. The number of amides is 1. The molecule has 2 rings (SSSR count). The van der Waals surface area contributed by atoms with Gasteiger partial charge in [-0.3, -0.25) is 4.79 Å². The summed E-state index contributed by atoms with van der Waals surface area (Å²) in [5, 5.41) is 4.12. The minimum Gasteiger partial charge on any atom is -0.497 e. The predicted molar refractivity (Wildman–Crippen MR) is 86.8 cm³/mol.